The van der Waals surface area contributed by atoms with Gasteiger partial charge in [-0.1, -0.05) is 13.8 Å². The van der Waals surface area contributed by atoms with E-state index in [1.54, 1.807) is 6.07 Å². The Morgan fingerprint density at radius 3 is 2.67 bits per heavy atom. The van der Waals surface area contributed by atoms with Gasteiger partial charge in [0.25, 0.3) is 0 Å². The zero-order valence-corrected chi connectivity index (χ0v) is 10.9. The van der Waals surface area contributed by atoms with Gasteiger partial charge in [0.15, 0.2) is 0 Å². The summed E-state index contributed by atoms with van der Waals surface area (Å²) < 4.78 is 13.4. The molecule has 0 aliphatic rings. The molecule has 0 aromatic heterocycles. The van der Waals surface area contributed by atoms with Crippen LogP contribution in [0.4, 0.5) is 10.1 Å². The first kappa shape index (κ1) is 14.5. The number of aliphatic hydroxyl groups excluding tert-OH is 1. The zero-order chi connectivity index (χ0) is 13.5. The molecule has 0 unspecified atom stereocenters. The Kier molecular flexibility index (Phi) is 5.60. The smallest absolute Gasteiger partial charge is 0.125 e. The third-order valence-corrected chi connectivity index (χ3v) is 2.57. The van der Waals surface area contributed by atoms with Gasteiger partial charge in [0.1, 0.15) is 5.82 Å². The molecular formula is C14H19FN2O. The summed E-state index contributed by atoms with van der Waals surface area (Å²) in [5.74, 6) is 0.0619. The predicted octanol–water partition coefficient (Wildman–Crippen LogP) is 2.69. The van der Waals surface area contributed by atoms with Crippen molar-refractivity contribution in [3.8, 4) is 6.07 Å². The van der Waals surface area contributed by atoms with Crippen molar-refractivity contribution in [2.45, 2.75) is 26.9 Å². The molecule has 1 aromatic carbocycles. The van der Waals surface area contributed by atoms with Gasteiger partial charge >= 0.3 is 0 Å². The lowest BCUT2D eigenvalue weighted by Gasteiger charge is -2.26. The number of benzene rings is 1. The van der Waals surface area contributed by atoms with Gasteiger partial charge < -0.3 is 10.0 Å². The highest BCUT2D eigenvalue weighted by Gasteiger charge is 2.10. The van der Waals surface area contributed by atoms with Crippen LogP contribution in [0.3, 0.4) is 0 Å². The molecule has 18 heavy (non-hydrogen) atoms. The lowest BCUT2D eigenvalue weighted by molar-refractivity contribution is 0.281. The van der Waals surface area contributed by atoms with Crippen molar-refractivity contribution in [1.82, 2.24) is 0 Å². The van der Waals surface area contributed by atoms with Gasteiger partial charge in [-0.05, 0) is 29.7 Å². The van der Waals surface area contributed by atoms with Crippen LogP contribution in [0.2, 0.25) is 0 Å². The maximum atomic E-state index is 13.4. The molecule has 3 nitrogen and oxygen atoms in total. The maximum Gasteiger partial charge on any atom is 0.125 e. The molecule has 0 aliphatic carbocycles. The average Bonchev–Trinajstić information content (AvgIpc) is 2.33. The molecule has 0 heterocycles. The number of anilines is 1. The molecule has 1 rings (SSSR count). The van der Waals surface area contributed by atoms with E-state index in [0.29, 0.717) is 24.4 Å². The van der Waals surface area contributed by atoms with Crippen molar-refractivity contribution in [3.63, 3.8) is 0 Å². The molecule has 0 bridgehead atoms. The monoisotopic (exact) mass is 250 g/mol. The molecule has 1 aromatic rings. The van der Waals surface area contributed by atoms with Gasteiger partial charge in [0, 0.05) is 18.8 Å². The van der Waals surface area contributed by atoms with E-state index >= 15 is 0 Å². The third kappa shape index (κ3) is 4.34. The number of halogens is 1. The molecule has 0 spiro atoms. The molecule has 0 radical (unpaired) electrons. The van der Waals surface area contributed by atoms with Crippen molar-refractivity contribution in [1.29, 1.82) is 5.26 Å². The van der Waals surface area contributed by atoms with Gasteiger partial charge in [-0.25, -0.2) is 4.39 Å². The van der Waals surface area contributed by atoms with Gasteiger partial charge in [0.05, 0.1) is 19.1 Å². The van der Waals surface area contributed by atoms with E-state index < -0.39 is 0 Å². The molecular weight excluding hydrogens is 231 g/mol. The van der Waals surface area contributed by atoms with Crippen LogP contribution in [0.15, 0.2) is 18.2 Å². The highest BCUT2D eigenvalue weighted by molar-refractivity contribution is 5.49. The van der Waals surface area contributed by atoms with Crippen LogP contribution in [0, 0.1) is 23.1 Å². The van der Waals surface area contributed by atoms with E-state index in [9.17, 15) is 4.39 Å². The summed E-state index contributed by atoms with van der Waals surface area (Å²) >= 11 is 0. The second kappa shape index (κ2) is 6.97. The molecule has 0 fully saturated rings. The van der Waals surface area contributed by atoms with E-state index in [4.69, 9.17) is 10.4 Å². The normalized spacial score (nSPS) is 10.4. The number of hydrogen-bond donors (Lipinski definition) is 1. The van der Waals surface area contributed by atoms with Crippen molar-refractivity contribution in [3.05, 3.63) is 29.6 Å². The van der Waals surface area contributed by atoms with Gasteiger partial charge in [-0.3, -0.25) is 0 Å². The van der Waals surface area contributed by atoms with Crippen LogP contribution in [-0.4, -0.2) is 18.2 Å². The van der Waals surface area contributed by atoms with Crippen LogP contribution in [0.25, 0.3) is 0 Å². The lowest BCUT2D eigenvalue weighted by atomic mass is 10.1. The molecule has 4 heteroatoms. The summed E-state index contributed by atoms with van der Waals surface area (Å²) in [6.07, 6.45) is 0.400. The second-order valence-corrected chi connectivity index (χ2v) is 4.72. The van der Waals surface area contributed by atoms with Crippen LogP contribution in [0.5, 0.6) is 0 Å². The van der Waals surface area contributed by atoms with Gasteiger partial charge in [0.2, 0.25) is 0 Å². The van der Waals surface area contributed by atoms with Crippen molar-refractivity contribution in [2.75, 3.05) is 18.0 Å². The fourth-order valence-electron chi connectivity index (χ4n) is 1.86. The Morgan fingerprint density at radius 1 is 1.39 bits per heavy atom. The van der Waals surface area contributed by atoms with Crippen LogP contribution in [-0.2, 0) is 6.61 Å². The summed E-state index contributed by atoms with van der Waals surface area (Å²) in [5.41, 5.74) is 1.28. The lowest BCUT2D eigenvalue weighted by Crippen LogP contribution is -2.28. The molecule has 98 valence electrons. The number of rotatable bonds is 6. The second-order valence-electron chi connectivity index (χ2n) is 4.72. The van der Waals surface area contributed by atoms with E-state index in [0.717, 1.165) is 12.2 Å². The molecule has 0 atom stereocenters. The minimum atomic E-state index is -0.359. The largest absolute Gasteiger partial charge is 0.392 e. The topological polar surface area (TPSA) is 47.3 Å². The summed E-state index contributed by atoms with van der Waals surface area (Å²) in [4.78, 5) is 1.98. The number of nitrogens with zero attached hydrogens (tertiary/aromatic N) is 2. The third-order valence-electron chi connectivity index (χ3n) is 2.57. The van der Waals surface area contributed by atoms with Crippen molar-refractivity contribution >= 4 is 5.69 Å². The average molecular weight is 250 g/mol. The minimum absolute atomic E-state index is 0.182. The fourth-order valence-corrected chi connectivity index (χ4v) is 1.86. The molecule has 0 aliphatic heterocycles. The van der Waals surface area contributed by atoms with Crippen LogP contribution in [0.1, 0.15) is 25.8 Å². The molecule has 1 N–H and O–H groups in total. The fraction of sp³-hybridized carbons (Fsp3) is 0.500. The highest BCUT2D eigenvalue weighted by Crippen LogP contribution is 2.20. The summed E-state index contributed by atoms with van der Waals surface area (Å²) in [6.45, 7) is 5.30. The Labute approximate surface area is 107 Å². The van der Waals surface area contributed by atoms with E-state index in [1.807, 2.05) is 4.90 Å². The maximum absolute atomic E-state index is 13.4. The van der Waals surface area contributed by atoms with E-state index in [1.165, 1.54) is 12.1 Å². The van der Waals surface area contributed by atoms with Gasteiger partial charge in [-0.15, -0.1) is 0 Å². The standard InChI is InChI=1S/C14H19FN2O/c1-11(2)9-17(5-3-4-16)14-7-12(10-18)6-13(15)8-14/h6-8,11,18H,3,5,9-10H2,1-2H3. The number of nitriles is 1. The SMILES string of the molecule is CC(C)CN(CCC#N)c1cc(F)cc(CO)c1. The van der Waals surface area contributed by atoms with Gasteiger partial charge in [-0.2, -0.15) is 5.26 Å². The Hall–Kier alpha value is -1.60. The zero-order valence-electron chi connectivity index (χ0n) is 10.9. The first-order valence-corrected chi connectivity index (χ1v) is 6.09. The first-order valence-electron chi connectivity index (χ1n) is 6.09. The Bertz CT molecular complexity index is 426. The predicted molar refractivity (Wildman–Crippen MR) is 69.6 cm³/mol. The highest BCUT2D eigenvalue weighted by atomic mass is 19.1. The molecule has 0 amide bonds. The van der Waals surface area contributed by atoms with Crippen molar-refractivity contribution in [2.24, 2.45) is 5.92 Å². The Balaban J connectivity index is 2.96. The number of aliphatic hydroxyl groups is 1. The number of hydrogen-bond acceptors (Lipinski definition) is 3. The summed E-state index contributed by atoms with van der Waals surface area (Å²) in [7, 11) is 0. The summed E-state index contributed by atoms with van der Waals surface area (Å²) in [5, 5.41) is 17.7. The first-order chi connectivity index (χ1) is 8.56. The molecule has 0 saturated heterocycles. The molecule has 0 saturated carbocycles. The minimum Gasteiger partial charge on any atom is -0.392 e. The van der Waals surface area contributed by atoms with E-state index in [-0.39, 0.29) is 12.4 Å². The van der Waals surface area contributed by atoms with E-state index in [2.05, 4.69) is 19.9 Å². The van der Waals surface area contributed by atoms with Crippen LogP contribution < -0.4 is 4.90 Å². The summed E-state index contributed by atoms with van der Waals surface area (Å²) in [6, 6.07) is 6.63. The quantitative estimate of drug-likeness (QED) is 0.844. The van der Waals surface area contributed by atoms with Crippen molar-refractivity contribution < 1.29 is 9.50 Å². The van der Waals surface area contributed by atoms with Crippen LogP contribution >= 0.6 is 0 Å². The Morgan fingerprint density at radius 2 is 2.11 bits per heavy atom.